The summed E-state index contributed by atoms with van der Waals surface area (Å²) < 4.78 is 5.13. The normalized spacial score (nSPS) is 17.4. The Balaban J connectivity index is 2.71. The number of rotatable bonds is 0. The van der Waals surface area contributed by atoms with Crippen LogP contribution < -0.4 is 0 Å². The van der Waals surface area contributed by atoms with Crippen LogP contribution in [0.4, 0.5) is 4.79 Å². The summed E-state index contributed by atoms with van der Waals surface area (Å²) in [5.74, 6) is -0.248. The summed E-state index contributed by atoms with van der Waals surface area (Å²) in [6.45, 7) is 9.25. The Morgan fingerprint density at radius 3 is 2.20 bits per heavy atom. The molecule has 84 valence electrons. The van der Waals surface area contributed by atoms with Crippen molar-refractivity contribution in [2.75, 3.05) is 6.54 Å². The Labute approximate surface area is 89.9 Å². The molecule has 0 radical (unpaired) electrons. The summed E-state index contributed by atoms with van der Waals surface area (Å²) in [6, 6.07) is 0. The zero-order chi connectivity index (χ0) is 11.8. The lowest BCUT2D eigenvalue weighted by Crippen LogP contribution is -2.38. The topological polar surface area (TPSA) is 46.6 Å². The minimum Gasteiger partial charge on any atom is -0.443 e. The van der Waals surface area contributed by atoms with Crippen LogP contribution in [-0.2, 0) is 9.53 Å². The number of carbonyl (C=O) groups excluding carboxylic acids is 2. The number of nitrogens with zero attached hydrogens (tertiary/aromatic N) is 1. The van der Waals surface area contributed by atoms with Crippen molar-refractivity contribution in [3.8, 4) is 0 Å². The Kier molecular flexibility index (Phi) is 2.88. The Hall–Kier alpha value is -1.32. The molecule has 0 aromatic carbocycles. The quantitative estimate of drug-likeness (QED) is 0.616. The second-order valence-electron chi connectivity index (χ2n) is 4.78. The molecule has 0 aliphatic carbocycles. The molecule has 1 rings (SSSR count). The lowest BCUT2D eigenvalue weighted by Gasteiger charge is -2.23. The van der Waals surface area contributed by atoms with Crippen LogP contribution in [0.1, 0.15) is 34.6 Å². The van der Waals surface area contributed by atoms with E-state index in [1.807, 2.05) is 6.92 Å². The number of amides is 2. The van der Waals surface area contributed by atoms with Gasteiger partial charge in [0.1, 0.15) is 5.60 Å². The average Bonchev–Trinajstić information content (AvgIpc) is 2.30. The van der Waals surface area contributed by atoms with Gasteiger partial charge in [0.05, 0.1) is 6.54 Å². The Morgan fingerprint density at radius 2 is 1.87 bits per heavy atom. The molecular weight excluding hydrogens is 194 g/mol. The smallest absolute Gasteiger partial charge is 0.417 e. The van der Waals surface area contributed by atoms with E-state index >= 15 is 0 Å². The second kappa shape index (κ2) is 3.68. The molecule has 1 heterocycles. The summed E-state index contributed by atoms with van der Waals surface area (Å²) in [7, 11) is 0. The first-order chi connectivity index (χ1) is 6.72. The summed E-state index contributed by atoms with van der Waals surface area (Å²) >= 11 is 0. The predicted molar refractivity (Wildman–Crippen MR) is 56.3 cm³/mol. The van der Waals surface area contributed by atoms with Crippen molar-refractivity contribution in [3.63, 3.8) is 0 Å². The molecule has 0 atom stereocenters. The fourth-order valence-corrected chi connectivity index (χ4v) is 1.28. The van der Waals surface area contributed by atoms with Gasteiger partial charge in [0.2, 0.25) is 0 Å². The van der Waals surface area contributed by atoms with Crippen LogP contribution in [0.3, 0.4) is 0 Å². The van der Waals surface area contributed by atoms with Gasteiger partial charge in [-0.3, -0.25) is 4.79 Å². The molecule has 0 spiro atoms. The van der Waals surface area contributed by atoms with E-state index in [4.69, 9.17) is 4.74 Å². The SMILES string of the molecule is CC1=C(C)C(=O)N(C(=O)OC(C)(C)C)C1. The fraction of sp³-hybridized carbons (Fsp3) is 0.636. The zero-order valence-corrected chi connectivity index (χ0v) is 9.88. The first-order valence-electron chi connectivity index (χ1n) is 4.93. The van der Waals surface area contributed by atoms with E-state index in [1.165, 1.54) is 0 Å². The van der Waals surface area contributed by atoms with Crippen LogP contribution in [0.15, 0.2) is 11.1 Å². The highest BCUT2D eigenvalue weighted by Gasteiger charge is 2.33. The molecule has 0 fully saturated rings. The van der Waals surface area contributed by atoms with Crippen molar-refractivity contribution in [3.05, 3.63) is 11.1 Å². The number of hydrogen-bond donors (Lipinski definition) is 0. The van der Waals surface area contributed by atoms with Crippen molar-refractivity contribution in [2.24, 2.45) is 0 Å². The summed E-state index contributed by atoms with van der Waals surface area (Å²) in [4.78, 5) is 24.4. The van der Waals surface area contributed by atoms with Crippen molar-refractivity contribution in [1.82, 2.24) is 4.90 Å². The highest BCUT2D eigenvalue weighted by atomic mass is 16.6. The lowest BCUT2D eigenvalue weighted by atomic mass is 10.2. The van der Waals surface area contributed by atoms with E-state index in [1.54, 1.807) is 27.7 Å². The summed E-state index contributed by atoms with van der Waals surface area (Å²) in [5.41, 5.74) is 0.994. The third kappa shape index (κ3) is 2.58. The average molecular weight is 211 g/mol. The summed E-state index contributed by atoms with van der Waals surface area (Å²) in [5, 5.41) is 0. The molecule has 0 N–H and O–H groups in total. The van der Waals surface area contributed by atoms with Crippen molar-refractivity contribution in [2.45, 2.75) is 40.2 Å². The Morgan fingerprint density at radius 1 is 1.33 bits per heavy atom. The van der Waals surface area contributed by atoms with Crippen molar-refractivity contribution in [1.29, 1.82) is 0 Å². The maximum atomic E-state index is 11.6. The molecule has 2 amide bonds. The molecule has 0 aromatic rings. The molecule has 4 nitrogen and oxygen atoms in total. The highest BCUT2D eigenvalue weighted by molar-refractivity contribution is 6.05. The van der Waals surface area contributed by atoms with Crippen LogP contribution in [0.5, 0.6) is 0 Å². The molecule has 0 aromatic heterocycles. The van der Waals surface area contributed by atoms with E-state index in [0.717, 1.165) is 10.5 Å². The Bertz CT molecular complexity index is 336. The molecule has 4 heteroatoms. The molecule has 1 aliphatic heterocycles. The first kappa shape index (κ1) is 11.8. The zero-order valence-electron chi connectivity index (χ0n) is 9.88. The van der Waals surface area contributed by atoms with Gasteiger partial charge >= 0.3 is 6.09 Å². The molecule has 15 heavy (non-hydrogen) atoms. The van der Waals surface area contributed by atoms with Crippen LogP contribution in [0.25, 0.3) is 0 Å². The largest absolute Gasteiger partial charge is 0.443 e. The van der Waals surface area contributed by atoms with Gasteiger partial charge in [-0.15, -0.1) is 0 Å². The minimum absolute atomic E-state index is 0.248. The van der Waals surface area contributed by atoms with Crippen LogP contribution >= 0.6 is 0 Å². The number of carbonyl (C=O) groups is 2. The summed E-state index contributed by atoms with van der Waals surface area (Å²) in [6.07, 6.45) is -0.566. The monoisotopic (exact) mass is 211 g/mol. The van der Waals surface area contributed by atoms with Crippen molar-refractivity contribution >= 4 is 12.0 Å². The standard InChI is InChI=1S/C11H17NO3/c1-7-6-12(9(13)8(7)2)10(14)15-11(3,4)5/h6H2,1-5H3. The lowest BCUT2D eigenvalue weighted by molar-refractivity contribution is -0.124. The second-order valence-corrected chi connectivity index (χ2v) is 4.78. The van der Waals surface area contributed by atoms with E-state index in [9.17, 15) is 9.59 Å². The van der Waals surface area contributed by atoms with Crippen LogP contribution in [0.2, 0.25) is 0 Å². The number of ether oxygens (including phenoxy) is 1. The van der Waals surface area contributed by atoms with Gasteiger partial charge < -0.3 is 4.74 Å². The maximum Gasteiger partial charge on any atom is 0.417 e. The third-order valence-electron chi connectivity index (χ3n) is 2.22. The minimum atomic E-state index is -0.568. The van der Waals surface area contributed by atoms with Crippen molar-refractivity contribution < 1.29 is 14.3 Å². The molecule has 0 unspecified atom stereocenters. The van der Waals surface area contributed by atoms with E-state index in [2.05, 4.69) is 0 Å². The van der Waals surface area contributed by atoms with Gasteiger partial charge in [-0.2, -0.15) is 0 Å². The molecular formula is C11H17NO3. The van der Waals surface area contributed by atoms with Gasteiger partial charge in [-0.25, -0.2) is 9.69 Å². The number of imide groups is 1. The van der Waals surface area contributed by atoms with E-state index in [0.29, 0.717) is 12.1 Å². The molecule has 0 saturated carbocycles. The third-order valence-corrected chi connectivity index (χ3v) is 2.22. The van der Waals surface area contributed by atoms with E-state index in [-0.39, 0.29) is 5.91 Å². The van der Waals surface area contributed by atoms with Crippen LogP contribution in [-0.4, -0.2) is 29.0 Å². The first-order valence-corrected chi connectivity index (χ1v) is 4.93. The number of hydrogen-bond acceptors (Lipinski definition) is 3. The van der Waals surface area contributed by atoms with Gasteiger partial charge in [0.15, 0.2) is 0 Å². The maximum absolute atomic E-state index is 11.6. The molecule has 0 saturated heterocycles. The molecule has 1 aliphatic rings. The van der Waals surface area contributed by atoms with Gasteiger partial charge in [0, 0.05) is 5.57 Å². The van der Waals surface area contributed by atoms with E-state index < -0.39 is 11.7 Å². The predicted octanol–water partition coefficient (Wildman–Crippen LogP) is 2.10. The van der Waals surface area contributed by atoms with Gasteiger partial charge in [-0.1, -0.05) is 0 Å². The molecule has 0 bridgehead atoms. The fourth-order valence-electron chi connectivity index (χ4n) is 1.28. The highest BCUT2D eigenvalue weighted by Crippen LogP contribution is 2.20. The van der Waals surface area contributed by atoms with Crippen LogP contribution in [0, 0.1) is 0 Å². The van der Waals surface area contributed by atoms with Gasteiger partial charge in [0.25, 0.3) is 5.91 Å². The van der Waals surface area contributed by atoms with Gasteiger partial charge in [-0.05, 0) is 40.2 Å².